The number of carbonyl (C=O) groups excluding carboxylic acids is 1. The third-order valence-corrected chi connectivity index (χ3v) is 3.48. The average Bonchev–Trinajstić information content (AvgIpc) is 2.53. The molecule has 0 amide bonds. The summed E-state index contributed by atoms with van der Waals surface area (Å²) in [5, 5.41) is 10.0. The lowest BCUT2D eigenvalue weighted by molar-refractivity contribution is 0.103. The maximum Gasteiger partial charge on any atom is 0.197 e. The van der Waals surface area contributed by atoms with Crippen molar-refractivity contribution in [1.82, 2.24) is 15.2 Å². The van der Waals surface area contributed by atoms with Crippen LogP contribution in [0.5, 0.6) is 0 Å². The molecular weight excluding hydrogens is 262 g/mol. The van der Waals surface area contributed by atoms with Gasteiger partial charge >= 0.3 is 0 Å². The Hall–Kier alpha value is -2.62. The first kappa shape index (κ1) is 13.4. The number of aromatic nitrogens is 3. The summed E-state index contributed by atoms with van der Waals surface area (Å²) < 4.78 is 0. The van der Waals surface area contributed by atoms with Crippen molar-refractivity contribution in [2.75, 3.05) is 0 Å². The van der Waals surface area contributed by atoms with Crippen molar-refractivity contribution in [3.05, 3.63) is 65.2 Å². The third-order valence-electron chi connectivity index (χ3n) is 3.48. The van der Waals surface area contributed by atoms with Crippen LogP contribution in [0.3, 0.4) is 0 Å². The number of rotatable bonds is 3. The Kier molecular flexibility index (Phi) is 3.44. The van der Waals surface area contributed by atoms with Crippen molar-refractivity contribution >= 4 is 16.6 Å². The highest BCUT2D eigenvalue weighted by Crippen LogP contribution is 2.21. The number of benzene rings is 1. The molecule has 0 aliphatic carbocycles. The van der Waals surface area contributed by atoms with E-state index in [0.717, 1.165) is 22.2 Å². The van der Waals surface area contributed by atoms with Crippen LogP contribution in [0.25, 0.3) is 10.8 Å². The molecule has 2 aromatic heterocycles. The Morgan fingerprint density at radius 3 is 2.71 bits per heavy atom. The van der Waals surface area contributed by atoms with Crippen molar-refractivity contribution in [2.24, 2.45) is 0 Å². The van der Waals surface area contributed by atoms with Crippen LogP contribution in [0.4, 0.5) is 0 Å². The third kappa shape index (κ3) is 2.40. The van der Waals surface area contributed by atoms with Gasteiger partial charge in [0.15, 0.2) is 5.78 Å². The zero-order chi connectivity index (χ0) is 14.8. The van der Waals surface area contributed by atoms with E-state index >= 15 is 0 Å². The van der Waals surface area contributed by atoms with Crippen molar-refractivity contribution in [2.45, 2.75) is 20.3 Å². The van der Waals surface area contributed by atoms with Gasteiger partial charge in [0.2, 0.25) is 0 Å². The quantitative estimate of drug-likeness (QED) is 0.690. The molecule has 0 N–H and O–H groups in total. The molecule has 3 rings (SSSR count). The molecular formula is C17H15N3O. The largest absolute Gasteiger partial charge is 0.288 e. The highest BCUT2D eigenvalue weighted by atomic mass is 16.1. The van der Waals surface area contributed by atoms with Gasteiger partial charge in [0, 0.05) is 28.9 Å². The number of fused-ring (bicyclic) bond motifs is 1. The second kappa shape index (κ2) is 5.40. The Morgan fingerprint density at radius 2 is 1.90 bits per heavy atom. The van der Waals surface area contributed by atoms with Crippen LogP contribution in [0.1, 0.15) is 34.2 Å². The molecule has 1 aromatic carbocycles. The summed E-state index contributed by atoms with van der Waals surface area (Å²) in [6.07, 6.45) is 4.06. The van der Waals surface area contributed by atoms with Crippen LogP contribution >= 0.6 is 0 Å². The first-order valence-corrected chi connectivity index (χ1v) is 6.91. The van der Waals surface area contributed by atoms with E-state index in [1.165, 1.54) is 0 Å². The Labute approximate surface area is 122 Å². The van der Waals surface area contributed by atoms with Crippen molar-refractivity contribution in [1.29, 1.82) is 0 Å². The molecule has 0 spiro atoms. The Bertz CT molecular complexity index is 822. The summed E-state index contributed by atoms with van der Waals surface area (Å²) in [5.74, 6) is -0.0471. The number of pyridine rings is 1. The first-order valence-electron chi connectivity index (χ1n) is 6.91. The van der Waals surface area contributed by atoms with Crippen LogP contribution in [-0.2, 0) is 6.42 Å². The molecule has 4 nitrogen and oxygen atoms in total. The number of nitrogens with zero attached hydrogens (tertiary/aromatic N) is 3. The predicted molar refractivity (Wildman–Crippen MR) is 81.3 cm³/mol. The Balaban J connectivity index is 2.20. The van der Waals surface area contributed by atoms with Gasteiger partial charge in [-0.1, -0.05) is 31.2 Å². The van der Waals surface area contributed by atoms with Gasteiger partial charge in [-0.3, -0.25) is 9.78 Å². The second-order valence-electron chi connectivity index (χ2n) is 4.94. The average molecular weight is 277 g/mol. The smallest absolute Gasteiger partial charge is 0.197 e. The van der Waals surface area contributed by atoms with Gasteiger partial charge in [0.1, 0.15) is 0 Å². The van der Waals surface area contributed by atoms with E-state index < -0.39 is 0 Å². The molecule has 0 saturated heterocycles. The van der Waals surface area contributed by atoms with Crippen molar-refractivity contribution in [3.8, 4) is 0 Å². The number of carbonyl (C=O) groups is 1. The van der Waals surface area contributed by atoms with Gasteiger partial charge in [-0.2, -0.15) is 10.2 Å². The summed E-state index contributed by atoms with van der Waals surface area (Å²) in [5.41, 5.74) is 2.68. The molecule has 0 atom stereocenters. The van der Waals surface area contributed by atoms with Gasteiger partial charge in [-0.05, 0) is 24.8 Å². The van der Waals surface area contributed by atoms with E-state index in [0.29, 0.717) is 17.5 Å². The minimum atomic E-state index is -0.0471. The lowest BCUT2D eigenvalue weighted by Gasteiger charge is -2.08. The first-order chi connectivity index (χ1) is 10.2. The number of ketones is 1. The van der Waals surface area contributed by atoms with E-state index in [9.17, 15) is 4.79 Å². The fourth-order valence-electron chi connectivity index (χ4n) is 2.41. The summed E-state index contributed by atoms with van der Waals surface area (Å²) >= 11 is 0. The molecule has 21 heavy (non-hydrogen) atoms. The van der Waals surface area contributed by atoms with E-state index in [1.807, 2.05) is 38.1 Å². The van der Waals surface area contributed by atoms with E-state index in [4.69, 9.17) is 0 Å². The van der Waals surface area contributed by atoms with Crippen LogP contribution in [0.2, 0.25) is 0 Å². The molecule has 0 saturated carbocycles. The van der Waals surface area contributed by atoms with E-state index in [1.54, 1.807) is 18.5 Å². The highest BCUT2D eigenvalue weighted by molar-refractivity contribution is 6.16. The zero-order valence-electron chi connectivity index (χ0n) is 12.0. The molecule has 3 aromatic rings. The minimum Gasteiger partial charge on any atom is -0.288 e. The topological polar surface area (TPSA) is 55.7 Å². The predicted octanol–water partition coefficient (Wildman–Crippen LogP) is 3.13. The molecule has 104 valence electrons. The summed E-state index contributed by atoms with van der Waals surface area (Å²) in [7, 11) is 0. The Morgan fingerprint density at radius 1 is 1.10 bits per heavy atom. The molecule has 2 heterocycles. The fraction of sp³-hybridized carbons (Fsp3) is 0.176. The molecule has 0 bridgehead atoms. The van der Waals surface area contributed by atoms with Crippen LogP contribution in [0, 0.1) is 6.92 Å². The van der Waals surface area contributed by atoms with Crippen LogP contribution < -0.4 is 0 Å². The van der Waals surface area contributed by atoms with Gasteiger partial charge in [0.05, 0.1) is 11.4 Å². The SMILES string of the molecule is CCc1nnc(C)cc1C(=O)c1cncc2ccccc12. The molecule has 0 aliphatic rings. The monoisotopic (exact) mass is 277 g/mol. The highest BCUT2D eigenvalue weighted by Gasteiger charge is 2.17. The second-order valence-corrected chi connectivity index (χ2v) is 4.94. The van der Waals surface area contributed by atoms with Gasteiger partial charge in [-0.15, -0.1) is 0 Å². The molecule has 0 aliphatic heterocycles. The summed E-state index contributed by atoms with van der Waals surface area (Å²) in [4.78, 5) is 17.1. The molecule has 0 radical (unpaired) electrons. The lowest BCUT2D eigenvalue weighted by Crippen LogP contribution is -2.10. The van der Waals surface area contributed by atoms with E-state index in [2.05, 4.69) is 15.2 Å². The number of hydrogen-bond acceptors (Lipinski definition) is 4. The van der Waals surface area contributed by atoms with Gasteiger partial charge in [-0.25, -0.2) is 0 Å². The fourth-order valence-corrected chi connectivity index (χ4v) is 2.41. The van der Waals surface area contributed by atoms with Crippen molar-refractivity contribution in [3.63, 3.8) is 0 Å². The summed E-state index contributed by atoms with van der Waals surface area (Å²) in [6.45, 7) is 3.81. The summed E-state index contributed by atoms with van der Waals surface area (Å²) in [6, 6.07) is 9.56. The van der Waals surface area contributed by atoms with Crippen LogP contribution in [0.15, 0.2) is 42.7 Å². The zero-order valence-corrected chi connectivity index (χ0v) is 12.0. The van der Waals surface area contributed by atoms with Gasteiger partial charge < -0.3 is 0 Å². The maximum absolute atomic E-state index is 12.9. The molecule has 4 heteroatoms. The van der Waals surface area contributed by atoms with Crippen molar-refractivity contribution < 1.29 is 4.79 Å². The van der Waals surface area contributed by atoms with Gasteiger partial charge in [0.25, 0.3) is 0 Å². The number of aryl methyl sites for hydroxylation is 2. The molecule has 0 unspecified atom stereocenters. The van der Waals surface area contributed by atoms with E-state index in [-0.39, 0.29) is 5.78 Å². The normalized spacial score (nSPS) is 10.8. The maximum atomic E-state index is 12.9. The minimum absolute atomic E-state index is 0.0471. The lowest BCUT2D eigenvalue weighted by atomic mass is 9.98. The van der Waals surface area contributed by atoms with Crippen LogP contribution in [-0.4, -0.2) is 21.0 Å². The molecule has 0 fully saturated rings. The standard InChI is InChI=1S/C17H15N3O/c1-3-16-14(8-11(2)19-20-16)17(21)15-10-18-9-12-6-4-5-7-13(12)15/h4-10H,3H2,1-2H3. The number of hydrogen-bond donors (Lipinski definition) is 0.